The van der Waals surface area contributed by atoms with Crippen molar-refractivity contribution in [2.24, 2.45) is 0 Å². The second-order valence-corrected chi connectivity index (χ2v) is 2.25. The topological polar surface area (TPSA) is 49.9 Å². The van der Waals surface area contributed by atoms with Crippen LogP contribution in [-0.4, -0.2) is 16.9 Å². The Hall–Kier alpha value is -1.59. The highest BCUT2D eigenvalue weighted by molar-refractivity contribution is 5.99. The highest BCUT2D eigenvalue weighted by Crippen LogP contribution is 2.18. The summed E-state index contributed by atoms with van der Waals surface area (Å²) >= 11 is 0. The Morgan fingerprint density at radius 2 is 2.00 bits per heavy atom. The first-order valence-corrected chi connectivity index (χ1v) is 3.21. The number of nitrogens with one attached hydrogen (secondary N) is 1. The Bertz CT molecular complexity index is 380. The van der Waals surface area contributed by atoms with Crippen LogP contribution in [0.4, 0.5) is 13.2 Å². The van der Waals surface area contributed by atoms with E-state index in [-0.39, 0.29) is 0 Å². The van der Waals surface area contributed by atoms with Gasteiger partial charge in [-0.1, -0.05) is 0 Å². The molecule has 1 N–H and O–H groups in total. The molecule has 0 saturated heterocycles. The molecule has 0 unspecified atom stereocenters. The predicted octanol–water partition coefficient (Wildman–Crippen LogP) is 1.12. The van der Waals surface area contributed by atoms with E-state index in [4.69, 9.17) is 0 Å². The summed E-state index contributed by atoms with van der Waals surface area (Å²) in [6, 6.07) is 0.860. The number of H-pyrrole nitrogens is 1. The van der Waals surface area contributed by atoms with Crippen molar-refractivity contribution in [3.63, 3.8) is 0 Å². The predicted molar refractivity (Wildman–Crippen MR) is 37.4 cm³/mol. The average Bonchev–Trinajstić information content (AvgIpc) is 2.02. The summed E-state index contributed by atoms with van der Waals surface area (Å²) in [7, 11) is 0. The van der Waals surface area contributed by atoms with Gasteiger partial charge >= 0.3 is 6.18 Å². The maximum absolute atomic E-state index is 11.8. The summed E-state index contributed by atoms with van der Waals surface area (Å²) in [5.41, 5.74) is -1.84. The number of alkyl halides is 3. The van der Waals surface area contributed by atoms with Gasteiger partial charge in [0.2, 0.25) is 0 Å². The molecule has 70 valence electrons. The van der Waals surface area contributed by atoms with Crippen molar-refractivity contribution < 1.29 is 18.0 Å². The van der Waals surface area contributed by atoms with Crippen LogP contribution in [0.2, 0.25) is 0 Å². The molecule has 1 aromatic rings. The standard InChI is InChI=1S/C7H4F3NO2/c8-7(9,10)6(13)4-3-11-2-1-5(4)12/h1-3H,(H,11,12). The van der Waals surface area contributed by atoms with E-state index >= 15 is 0 Å². The van der Waals surface area contributed by atoms with Gasteiger partial charge in [-0.15, -0.1) is 0 Å². The van der Waals surface area contributed by atoms with E-state index in [0.29, 0.717) is 0 Å². The van der Waals surface area contributed by atoms with Crippen LogP contribution in [0.3, 0.4) is 0 Å². The number of aromatic nitrogens is 1. The monoisotopic (exact) mass is 191 g/mol. The Labute approximate surface area is 70.2 Å². The van der Waals surface area contributed by atoms with Crippen LogP contribution < -0.4 is 5.43 Å². The van der Waals surface area contributed by atoms with Gasteiger partial charge in [0.1, 0.15) is 0 Å². The molecule has 1 aromatic heterocycles. The van der Waals surface area contributed by atoms with Crippen molar-refractivity contribution in [1.29, 1.82) is 0 Å². The second kappa shape index (κ2) is 3.04. The zero-order valence-electron chi connectivity index (χ0n) is 6.18. The van der Waals surface area contributed by atoms with E-state index in [1.165, 1.54) is 0 Å². The molecular formula is C7H4F3NO2. The lowest BCUT2D eigenvalue weighted by Crippen LogP contribution is -2.28. The van der Waals surface area contributed by atoms with Crippen LogP contribution in [0, 0.1) is 0 Å². The molecule has 0 aliphatic rings. The number of halogens is 3. The van der Waals surface area contributed by atoms with E-state index in [1.807, 2.05) is 0 Å². The molecule has 0 saturated carbocycles. The minimum absolute atomic E-state index is 0.734. The number of Topliss-reactive ketones (excluding diaryl/α,β-unsaturated/α-hetero) is 1. The minimum Gasteiger partial charge on any atom is -0.367 e. The molecule has 0 atom stereocenters. The maximum Gasteiger partial charge on any atom is 0.455 e. The molecule has 6 heteroatoms. The lowest BCUT2D eigenvalue weighted by atomic mass is 10.2. The summed E-state index contributed by atoms with van der Waals surface area (Å²) in [6.45, 7) is 0. The average molecular weight is 191 g/mol. The van der Waals surface area contributed by atoms with Gasteiger partial charge in [0.25, 0.3) is 5.78 Å². The van der Waals surface area contributed by atoms with Gasteiger partial charge in [-0.2, -0.15) is 13.2 Å². The fourth-order valence-electron chi connectivity index (χ4n) is 0.746. The first kappa shape index (κ1) is 9.50. The maximum atomic E-state index is 11.8. The normalized spacial score (nSPS) is 11.3. The van der Waals surface area contributed by atoms with E-state index in [0.717, 1.165) is 18.5 Å². The Morgan fingerprint density at radius 1 is 1.38 bits per heavy atom. The zero-order chi connectivity index (χ0) is 10.1. The van der Waals surface area contributed by atoms with Crippen LogP contribution in [0.5, 0.6) is 0 Å². The summed E-state index contributed by atoms with van der Waals surface area (Å²) in [5, 5.41) is 0. The third-order valence-electron chi connectivity index (χ3n) is 1.33. The fraction of sp³-hybridized carbons (Fsp3) is 0.143. The van der Waals surface area contributed by atoms with E-state index in [2.05, 4.69) is 4.98 Å². The number of hydrogen-bond acceptors (Lipinski definition) is 2. The van der Waals surface area contributed by atoms with Gasteiger partial charge in [0.05, 0.1) is 5.56 Å². The van der Waals surface area contributed by atoms with Crippen molar-refractivity contribution >= 4 is 5.78 Å². The summed E-state index contributed by atoms with van der Waals surface area (Å²) in [4.78, 5) is 23.5. The van der Waals surface area contributed by atoms with Crippen LogP contribution in [0.15, 0.2) is 23.3 Å². The van der Waals surface area contributed by atoms with Crippen molar-refractivity contribution in [1.82, 2.24) is 4.98 Å². The number of ketones is 1. The van der Waals surface area contributed by atoms with E-state index in [9.17, 15) is 22.8 Å². The number of carbonyl (C=O) groups excluding carboxylic acids is 1. The molecular weight excluding hydrogens is 187 g/mol. The van der Waals surface area contributed by atoms with Crippen molar-refractivity contribution in [3.8, 4) is 0 Å². The van der Waals surface area contributed by atoms with Gasteiger partial charge in [-0.3, -0.25) is 9.59 Å². The first-order chi connectivity index (χ1) is 5.93. The molecule has 0 aromatic carbocycles. The van der Waals surface area contributed by atoms with E-state index in [1.54, 1.807) is 0 Å². The molecule has 3 nitrogen and oxygen atoms in total. The smallest absolute Gasteiger partial charge is 0.367 e. The zero-order valence-corrected chi connectivity index (χ0v) is 6.18. The van der Waals surface area contributed by atoms with Gasteiger partial charge in [0.15, 0.2) is 5.43 Å². The fourth-order valence-corrected chi connectivity index (χ4v) is 0.746. The molecule has 0 bridgehead atoms. The molecule has 0 radical (unpaired) electrons. The number of rotatable bonds is 1. The van der Waals surface area contributed by atoms with Gasteiger partial charge in [-0.25, -0.2) is 0 Å². The molecule has 0 aliphatic heterocycles. The van der Waals surface area contributed by atoms with Crippen molar-refractivity contribution in [2.45, 2.75) is 6.18 Å². The summed E-state index contributed by atoms with van der Waals surface area (Å²) < 4.78 is 35.4. The number of carbonyl (C=O) groups is 1. The van der Waals surface area contributed by atoms with Crippen LogP contribution in [0.25, 0.3) is 0 Å². The van der Waals surface area contributed by atoms with Gasteiger partial charge in [-0.05, 0) is 0 Å². The molecule has 0 aliphatic carbocycles. The van der Waals surface area contributed by atoms with Crippen LogP contribution >= 0.6 is 0 Å². The van der Waals surface area contributed by atoms with Crippen LogP contribution in [0.1, 0.15) is 10.4 Å². The lowest BCUT2D eigenvalue weighted by molar-refractivity contribution is -0.0886. The quantitative estimate of drug-likeness (QED) is 0.676. The Morgan fingerprint density at radius 3 is 2.46 bits per heavy atom. The molecule has 0 fully saturated rings. The van der Waals surface area contributed by atoms with Crippen molar-refractivity contribution in [2.75, 3.05) is 0 Å². The molecule has 1 rings (SSSR count). The van der Waals surface area contributed by atoms with Crippen molar-refractivity contribution in [3.05, 3.63) is 34.2 Å². The van der Waals surface area contributed by atoms with Gasteiger partial charge in [0, 0.05) is 18.5 Å². The van der Waals surface area contributed by atoms with Gasteiger partial charge < -0.3 is 4.98 Å². The van der Waals surface area contributed by atoms with Crippen LogP contribution in [-0.2, 0) is 0 Å². The SMILES string of the molecule is O=C(c1c[nH]ccc1=O)C(F)(F)F. The minimum atomic E-state index is -5.01. The number of aromatic amines is 1. The molecule has 13 heavy (non-hydrogen) atoms. The Balaban J connectivity index is 3.18. The third kappa shape index (κ3) is 1.95. The molecule has 0 spiro atoms. The first-order valence-electron chi connectivity index (χ1n) is 3.21. The molecule has 1 heterocycles. The molecule has 0 amide bonds. The highest BCUT2D eigenvalue weighted by atomic mass is 19.4. The Kier molecular flexibility index (Phi) is 2.22. The largest absolute Gasteiger partial charge is 0.455 e. The lowest BCUT2D eigenvalue weighted by Gasteiger charge is -2.02. The second-order valence-electron chi connectivity index (χ2n) is 2.25. The van der Waals surface area contributed by atoms with E-state index < -0.39 is 23.0 Å². The summed E-state index contributed by atoms with van der Waals surface area (Å²) in [5.74, 6) is -2.13. The number of pyridine rings is 1. The number of hydrogen-bond donors (Lipinski definition) is 1. The third-order valence-corrected chi connectivity index (χ3v) is 1.33. The highest BCUT2D eigenvalue weighted by Gasteiger charge is 2.40. The summed E-state index contributed by atoms with van der Waals surface area (Å²) in [6.07, 6.45) is -3.12.